The summed E-state index contributed by atoms with van der Waals surface area (Å²) in [6.07, 6.45) is 3.06. The average molecular weight is 434 g/mol. The van der Waals surface area contributed by atoms with Gasteiger partial charge in [0.2, 0.25) is 0 Å². The fraction of sp³-hybridized carbons (Fsp3) is 0.192. The fourth-order valence-corrected chi connectivity index (χ4v) is 2.89. The first-order valence-corrected chi connectivity index (χ1v) is 10.2. The van der Waals surface area contributed by atoms with Gasteiger partial charge in [-0.1, -0.05) is 48.0 Å². The smallest absolute Gasteiger partial charge is 0.267 e. The molecule has 0 spiro atoms. The first kappa shape index (κ1) is 22.9. The number of ether oxygens (including phenoxy) is 3. The number of hydrogen-bond acceptors (Lipinski definition) is 5. The van der Waals surface area contributed by atoms with Gasteiger partial charge in [0.05, 0.1) is 20.8 Å². The maximum absolute atomic E-state index is 12.0. The first-order valence-electron chi connectivity index (χ1n) is 10.2. The molecule has 0 aliphatic carbocycles. The summed E-state index contributed by atoms with van der Waals surface area (Å²) in [5, 5.41) is 0. The Labute approximate surface area is 188 Å². The number of hydrogen-bond donors (Lipinski definition) is 1. The lowest BCUT2D eigenvalue weighted by molar-refractivity contribution is -0.129. The van der Waals surface area contributed by atoms with Crippen LogP contribution < -0.4 is 19.7 Å². The molecule has 3 aromatic carbocycles. The predicted octanol–water partition coefficient (Wildman–Crippen LogP) is 4.85. The first-order chi connectivity index (χ1) is 15.6. The lowest BCUT2D eigenvalue weighted by atomic mass is 10.2. The summed E-state index contributed by atoms with van der Waals surface area (Å²) in [4.78, 5) is 17.3. The van der Waals surface area contributed by atoms with Gasteiger partial charge in [-0.3, -0.25) is 9.63 Å². The van der Waals surface area contributed by atoms with Crippen molar-refractivity contribution in [1.29, 1.82) is 0 Å². The van der Waals surface area contributed by atoms with Crippen LogP contribution in [0, 0.1) is 6.92 Å². The molecule has 0 heterocycles. The summed E-state index contributed by atoms with van der Waals surface area (Å²) in [7, 11) is 3.14. The number of carbonyl (C=O) groups excluding carboxylic acids is 1. The molecule has 3 rings (SSSR count). The Morgan fingerprint density at radius 2 is 1.50 bits per heavy atom. The number of hydroxylamine groups is 1. The van der Waals surface area contributed by atoms with Crippen molar-refractivity contribution in [2.75, 3.05) is 14.2 Å². The van der Waals surface area contributed by atoms with Crippen LogP contribution in [0.4, 0.5) is 0 Å². The van der Waals surface area contributed by atoms with E-state index in [2.05, 4.69) is 36.7 Å². The van der Waals surface area contributed by atoms with Crippen LogP contribution in [0.2, 0.25) is 0 Å². The summed E-state index contributed by atoms with van der Waals surface area (Å²) in [6, 6.07) is 21.2. The molecular weight excluding hydrogens is 406 g/mol. The van der Waals surface area contributed by atoms with Gasteiger partial charge < -0.3 is 14.2 Å². The molecule has 0 unspecified atom stereocenters. The summed E-state index contributed by atoms with van der Waals surface area (Å²) in [6.45, 7) is 2.81. The van der Waals surface area contributed by atoms with Gasteiger partial charge in [-0.15, -0.1) is 0 Å². The maximum atomic E-state index is 12.0. The van der Waals surface area contributed by atoms with Crippen LogP contribution in [0.5, 0.6) is 17.2 Å². The highest BCUT2D eigenvalue weighted by molar-refractivity contribution is 5.91. The number of aryl methyl sites for hydroxylation is 1. The summed E-state index contributed by atoms with van der Waals surface area (Å²) >= 11 is 0. The Bertz CT molecular complexity index is 1040. The predicted molar refractivity (Wildman–Crippen MR) is 123 cm³/mol. The van der Waals surface area contributed by atoms with Crippen molar-refractivity contribution in [3.8, 4) is 17.2 Å². The van der Waals surface area contributed by atoms with Crippen molar-refractivity contribution in [1.82, 2.24) is 5.48 Å². The minimum atomic E-state index is -0.363. The summed E-state index contributed by atoms with van der Waals surface area (Å²) in [5.41, 5.74) is 6.47. The van der Waals surface area contributed by atoms with E-state index in [4.69, 9.17) is 19.0 Å². The molecule has 1 amide bonds. The van der Waals surface area contributed by atoms with E-state index < -0.39 is 0 Å². The number of carbonyl (C=O) groups is 1. The highest BCUT2D eigenvalue weighted by Gasteiger charge is 2.04. The van der Waals surface area contributed by atoms with Crippen molar-refractivity contribution in [2.45, 2.75) is 20.1 Å². The molecule has 0 saturated carbocycles. The molecular formula is C26H27NO5. The average Bonchev–Trinajstić information content (AvgIpc) is 2.83. The van der Waals surface area contributed by atoms with Crippen LogP contribution in [-0.4, -0.2) is 20.1 Å². The molecule has 0 saturated heterocycles. The van der Waals surface area contributed by atoms with E-state index in [-0.39, 0.29) is 12.5 Å². The molecule has 0 bridgehead atoms. The van der Waals surface area contributed by atoms with Crippen LogP contribution in [0.1, 0.15) is 22.3 Å². The Morgan fingerprint density at radius 3 is 2.19 bits per heavy atom. The zero-order chi connectivity index (χ0) is 22.8. The van der Waals surface area contributed by atoms with Gasteiger partial charge in [-0.25, -0.2) is 5.48 Å². The lowest BCUT2D eigenvalue weighted by Gasteiger charge is -2.08. The van der Waals surface area contributed by atoms with Crippen molar-refractivity contribution < 1.29 is 23.8 Å². The topological polar surface area (TPSA) is 66.0 Å². The van der Waals surface area contributed by atoms with Gasteiger partial charge in [0.1, 0.15) is 12.4 Å². The van der Waals surface area contributed by atoms with Crippen LogP contribution in [0.15, 0.2) is 72.8 Å². The highest BCUT2D eigenvalue weighted by Crippen LogP contribution is 2.27. The molecule has 0 radical (unpaired) electrons. The van der Waals surface area contributed by atoms with Gasteiger partial charge in [0, 0.05) is 6.08 Å². The molecule has 0 aromatic heterocycles. The third kappa shape index (κ3) is 6.89. The Hall–Kier alpha value is -3.77. The zero-order valence-electron chi connectivity index (χ0n) is 18.5. The third-order valence-corrected chi connectivity index (χ3v) is 4.70. The Morgan fingerprint density at radius 1 is 0.844 bits per heavy atom. The largest absolute Gasteiger partial charge is 0.493 e. The van der Waals surface area contributed by atoms with Gasteiger partial charge >= 0.3 is 0 Å². The van der Waals surface area contributed by atoms with Gasteiger partial charge in [-0.05, 0) is 54.0 Å². The van der Waals surface area contributed by atoms with E-state index >= 15 is 0 Å². The van der Waals surface area contributed by atoms with Crippen molar-refractivity contribution in [2.24, 2.45) is 0 Å². The standard InChI is InChI=1S/C26H27NO5/c1-19-4-6-21(7-5-19)17-31-23-12-8-22(9-13-23)18-32-27-26(28)15-11-20-10-14-24(29-2)25(16-20)30-3/h4-16H,17-18H2,1-3H3,(H,27,28)/b15-11+. The second-order valence-corrected chi connectivity index (χ2v) is 7.12. The number of nitrogens with one attached hydrogen (secondary N) is 1. The molecule has 0 aliphatic rings. The lowest BCUT2D eigenvalue weighted by Crippen LogP contribution is -2.21. The van der Waals surface area contributed by atoms with E-state index in [0.717, 1.165) is 22.4 Å². The van der Waals surface area contributed by atoms with Crippen molar-refractivity contribution in [3.05, 3.63) is 95.1 Å². The minimum Gasteiger partial charge on any atom is -0.493 e. The van der Waals surface area contributed by atoms with Gasteiger partial charge in [0.15, 0.2) is 11.5 Å². The second kappa shape index (κ2) is 11.6. The summed E-state index contributed by atoms with van der Waals surface area (Å²) in [5.74, 6) is 1.63. The normalized spacial score (nSPS) is 10.7. The van der Waals surface area contributed by atoms with Gasteiger partial charge in [-0.2, -0.15) is 0 Å². The van der Waals surface area contributed by atoms with E-state index in [1.54, 1.807) is 32.4 Å². The van der Waals surface area contributed by atoms with Crippen molar-refractivity contribution >= 4 is 12.0 Å². The summed E-state index contributed by atoms with van der Waals surface area (Å²) < 4.78 is 16.3. The molecule has 6 heteroatoms. The van der Waals surface area contributed by atoms with Crippen LogP contribution in [-0.2, 0) is 22.8 Å². The molecule has 0 fully saturated rings. The highest BCUT2D eigenvalue weighted by atomic mass is 16.6. The van der Waals surface area contributed by atoms with Gasteiger partial charge in [0.25, 0.3) is 5.91 Å². The third-order valence-electron chi connectivity index (χ3n) is 4.70. The van der Waals surface area contributed by atoms with Crippen LogP contribution in [0.25, 0.3) is 6.08 Å². The molecule has 166 valence electrons. The molecule has 0 atom stereocenters. The minimum absolute atomic E-state index is 0.244. The van der Waals surface area contributed by atoms with E-state index in [9.17, 15) is 4.79 Å². The van der Waals surface area contributed by atoms with E-state index in [1.165, 1.54) is 11.6 Å². The molecule has 6 nitrogen and oxygen atoms in total. The van der Waals surface area contributed by atoms with Crippen LogP contribution in [0.3, 0.4) is 0 Å². The van der Waals surface area contributed by atoms with E-state index in [0.29, 0.717) is 18.1 Å². The quantitative estimate of drug-likeness (QED) is 0.366. The molecule has 0 aliphatic heterocycles. The molecule has 1 N–H and O–H groups in total. The molecule has 3 aromatic rings. The zero-order valence-corrected chi connectivity index (χ0v) is 18.5. The second-order valence-electron chi connectivity index (χ2n) is 7.12. The van der Waals surface area contributed by atoms with E-state index in [1.807, 2.05) is 30.3 Å². The fourth-order valence-electron chi connectivity index (χ4n) is 2.89. The Kier molecular flexibility index (Phi) is 8.29. The SMILES string of the molecule is COc1ccc(/C=C/C(=O)NOCc2ccc(OCc3ccc(C)cc3)cc2)cc1OC. The maximum Gasteiger partial charge on any atom is 0.267 e. The number of amides is 1. The Balaban J connectivity index is 1.42. The molecule has 32 heavy (non-hydrogen) atoms. The van der Waals surface area contributed by atoms with Crippen LogP contribution >= 0.6 is 0 Å². The van der Waals surface area contributed by atoms with Crippen molar-refractivity contribution in [3.63, 3.8) is 0 Å². The number of rotatable bonds is 10. The number of methoxy groups -OCH3 is 2. The monoisotopic (exact) mass is 433 g/mol. The number of benzene rings is 3.